The number of benzene rings is 2. The zero-order chi connectivity index (χ0) is 25.0. The van der Waals surface area contributed by atoms with Crippen molar-refractivity contribution in [3.63, 3.8) is 0 Å². The number of carbonyl (C=O) groups excluding carboxylic acids is 2. The van der Waals surface area contributed by atoms with Crippen LogP contribution in [0.5, 0.6) is 0 Å². The van der Waals surface area contributed by atoms with Crippen LogP contribution < -0.4 is 5.32 Å². The molecule has 2 atom stereocenters. The standard InChI is InChI=1S/C27H30N2O6/c1-3-4-13-23(24(30)29-15-14-27(17-29,34-2)25(31)32)28-26(33)35-16-22-20-11-7-5-9-18(20)19-10-6-8-12-21(19)22/h3,5-12,22-23H,1,4,13-17H2,2H3,(H,28,33)(H,31,32). The minimum Gasteiger partial charge on any atom is -0.479 e. The van der Waals surface area contributed by atoms with Gasteiger partial charge in [-0.3, -0.25) is 4.79 Å². The van der Waals surface area contributed by atoms with E-state index < -0.39 is 23.7 Å². The molecular weight excluding hydrogens is 448 g/mol. The van der Waals surface area contributed by atoms with Gasteiger partial charge in [-0.05, 0) is 35.1 Å². The van der Waals surface area contributed by atoms with Gasteiger partial charge in [-0.25, -0.2) is 9.59 Å². The molecule has 1 saturated heterocycles. The van der Waals surface area contributed by atoms with Crippen LogP contribution in [0.1, 0.15) is 36.3 Å². The summed E-state index contributed by atoms with van der Waals surface area (Å²) in [7, 11) is 1.33. The van der Waals surface area contributed by atoms with Gasteiger partial charge in [0.2, 0.25) is 5.91 Å². The lowest BCUT2D eigenvalue weighted by Crippen LogP contribution is -2.50. The van der Waals surface area contributed by atoms with Crippen molar-refractivity contribution in [3.8, 4) is 11.1 Å². The number of hydrogen-bond acceptors (Lipinski definition) is 5. The van der Waals surface area contributed by atoms with Crippen molar-refractivity contribution in [2.24, 2.45) is 0 Å². The Morgan fingerprint density at radius 3 is 2.34 bits per heavy atom. The van der Waals surface area contributed by atoms with Crippen molar-refractivity contribution >= 4 is 18.0 Å². The lowest BCUT2D eigenvalue weighted by atomic mass is 9.98. The first-order valence-electron chi connectivity index (χ1n) is 11.7. The molecule has 1 heterocycles. The zero-order valence-corrected chi connectivity index (χ0v) is 19.7. The Morgan fingerprint density at radius 1 is 1.17 bits per heavy atom. The summed E-state index contributed by atoms with van der Waals surface area (Å²) in [6.45, 7) is 3.99. The second kappa shape index (κ2) is 10.3. The monoisotopic (exact) mass is 478 g/mol. The second-order valence-corrected chi connectivity index (χ2v) is 8.90. The number of likely N-dealkylation sites (tertiary alicyclic amines) is 1. The van der Waals surface area contributed by atoms with Crippen LogP contribution >= 0.6 is 0 Å². The summed E-state index contributed by atoms with van der Waals surface area (Å²) >= 11 is 0. The van der Waals surface area contributed by atoms with Gasteiger partial charge in [-0.15, -0.1) is 6.58 Å². The first-order valence-corrected chi connectivity index (χ1v) is 11.7. The highest BCUT2D eigenvalue weighted by Gasteiger charge is 2.47. The highest BCUT2D eigenvalue weighted by molar-refractivity contribution is 5.88. The lowest BCUT2D eigenvalue weighted by molar-refractivity contribution is -0.161. The molecule has 0 aromatic heterocycles. The normalized spacial score (nSPS) is 19.5. The van der Waals surface area contributed by atoms with Gasteiger partial charge in [0.05, 0.1) is 6.54 Å². The van der Waals surface area contributed by atoms with Crippen LogP contribution in [0.2, 0.25) is 0 Å². The number of fused-ring (bicyclic) bond motifs is 3. The van der Waals surface area contributed by atoms with Gasteiger partial charge >= 0.3 is 12.1 Å². The Morgan fingerprint density at radius 2 is 1.80 bits per heavy atom. The molecule has 2 unspecified atom stereocenters. The molecule has 8 nitrogen and oxygen atoms in total. The number of nitrogens with one attached hydrogen (secondary N) is 1. The summed E-state index contributed by atoms with van der Waals surface area (Å²) < 4.78 is 10.8. The number of methoxy groups -OCH3 is 1. The number of ether oxygens (including phenoxy) is 2. The first kappa shape index (κ1) is 24.5. The molecule has 0 spiro atoms. The molecule has 2 N–H and O–H groups in total. The molecular formula is C27H30N2O6. The highest BCUT2D eigenvalue weighted by atomic mass is 16.5. The van der Waals surface area contributed by atoms with Crippen LogP contribution in [-0.4, -0.2) is 66.4 Å². The van der Waals surface area contributed by atoms with Gasteiger partial charge in [0.15, 0.2) is 5.60 Å². The average molecular weight is 479 g/mol. The second-order valence-electron chi connectivity index (χ2n) is 8.90. The number of hydrogen-bond donors (Lipinski definition) is 2. The number of alkyl carbamates (subject to hydrolysis) is 1. The molecule has 1 aliphatic heterocycles. The maximum absolute atomic E-state index is 13.2. The minimum absolute atomic E-state index is 0.0748. The molecule has 184 valence electrons. The summed E-state index contributed by atoms with van der Waals surface area (Å²) in [6.07, 6.45) is 1.99. The van der Waals surface area contributed by atoms with Gasteiger partial charge in [-0.1, -0.05) is 54.6 Å². The Labute approximate surface area is 204 Å². The summed E-state index contributed by atoms with van der Waals surface area (Å²) in [5.74, 6) is -1.56. The summed E-state index contributed by atoms with van der Waals surface area (Å²) in [5.41, 5.74) is 3.03. The Kier molecular flexibility index (Phi) is 7.21. The van der Waals surface area contributed by atoms with Crippen molar-refractivity contribution in [2.75, 3.05) is 26.8 Å². The molecule has 1 fully saturated rings. The number of carboxylic acid groups (broad SMARTS) is 1. The molecule has 0 bridgehead atoms. The third kappa shape index (κ3) is 4.79. The molecule has 0 radical (unpaired) electrons. The Bertz CT molecular complexity index is 1090. The third-order valence-corrected chi connectivity index (χ3v) is 6.92. The van der Waals surface area contributed by atoms with Crippen LogP contribution in [0.25, 0.3) is 11.1 Å². The van der Waals surface area contributed by atoms with Crippen molar-refractivity contribution in [1.82, 2.24) is 10.2 Å². The Hall–Kier alpha value is -3.65. The number of carbonyl (C=O) groups is 3. The van der Waals surface area contributed by atoms with Gasteiger partial charge in [0.25, 0.3) is 0 Å². The maximum Gasteiger partial charge on any atom is 0.407 e. The quantitative estimate of drug-likeness (QED) is 0.534. The summed E-state index contributed by atoms with van der Waals surface area (Å²) in [6, 6.07) is 15.3. The van der Waals surface area contributed by atoms with Crippen molar-refractivity contribution in [1.29, 1.82) is 0 Å². The van der Waals surface area contributed by atoms with Crippen LogP contribution in [0.3, 0.4) is 0 Å². The Balaban J connectivity index is 1.42. The van der Waals surface area contributed by atoms with E-state index in [0.29, 0.717) is 12.8 Å². The fraction of sp³-hybridized carbons (Fsp3) is 0.370. The fourth-order valence-electron chi connectivity index (χ4n) is 4.94. The number of rotatable bonds is 9. The molecule has 2 aromatic rings. The fourth-order valence-corrected chi connectivity index (χ4v) is 4.94. The molecule has 2 amide bonds. The highest BCUT2D eigenvalue weighted by Crippen LogP contribution is 2.44. The molecule has 4 rings (SSSR count). The number of amides is 2. The van der Waals surface area contributed by atoms with Crippen LogP contribution in [0, 0.1) is 0 Å². The number of nitrogens with zero attached hydrogens (tertiary/aromatic N) is 1. The van der Waals surface area contributed by atoms with Crippen molar-refractivity contribution < 1.29 is 29.0 Å². The van der Waals surface area contributed by atoms with E-state index in [0.717, 1.165) is 22.3 Å². The predicted octanol–water partition coefficient (Wildman–Crippen LogP) is 3.56. The molecule has 2 aliphatic rings. The summed E-state index contributed by atoms with van der Waals surface area (Å²) in [5, 5.41) is 12.2. The SMILES string of the molecule is C=CCCC(NC(=O)OCC1c2ccccc2-c2ccccc21)C(=O)N1CCC(OC)(C(=O)O)C1. The molecule has 8 heteroatoms. The third-order valence-electron chi connectivity index (χ3n) is 6.92. The van der Waals surface area contributed by atoms with Crippen molar-refractivity contribution in [3.05, 3.63) is 72.3 Å². The lowest BCUT2D eigenvalue weighted by Gasteiger charge is -2.26. The van der Waals surface area contributed by atoms with Gasteiger partial charge < -0.3 is 24.8 Å². The zero-order valence-electron chi connectivity index (χ0n) is 19.7. The van der Waals surface area contributed by atoms with E-state index in [1.807, 2.05) is 36.4 Å². The van der Waals surface area contributed by atoms with E-state index >= 15 is 0 Å². The van der Waals surface area contributed by atoms with E-state index in [4.69, 9.17) is 9.47 Å². The molecule has 35 heavy (non-hydrogen) atoms. The van der Waals surface area contributed by atoms with E-state index in [-0.39, 0.29) is 37.9 Å². The molecule has 1 aliphatic carbocycles. The topological polar surface area (TPSA) is 105 Å². The number of carboxylic acids is 1. The van der Waals surface area contributed by atoms with Gasteiger partial charge in [0, 0.05) is 26.0 Å². The largest absolute Gasteiger partial charge is 0.479 e. The minimum atomic E-state index is -1.43. The van der Waals surface area contributed by atoms with Crippen LogP contribution in [0.4, 0.5) is 4.79 Å². The van der Waals surface area contributed by atoms with E-state index in [2.05, 4.69) is 24.0 Å². The maximum atomic E-state index is 13.2. The first-order chi connectivity index (χ1) is 16.9. The molecule has 0 saturated carbocycles. The van der Waals surface area contributed by atoms with Crippen LogP contribution in [-0.2, 0) is 19.1 Å². The van der Waals surface area contributed by atoms with Crippen molar-refractivity contribution in [2.45, 2.75) is 36.8 Å². The number of allylic oxidation sites excluding steroid dienone is 1. The van der Waals surface area contributed by atoms with Crippen LogP contribution in [0.15, 0.2) is 61.2 Å². The van der Waals surface area contributed by atoms with E-state index in [1.165, 1.54) is 12.0 Å². The predicted molar refractivity (Wildman–Crippen MR) is 130 cm³/mol. The van der Waals surface area contributed by atoms with E-state index in [1.54, 1.807) is 6.08 Å². The molecule has 2 aromatic carbocycles. The average Bonchev–Trinajstić information content (AvgIpc) is 3.46. The smallest absolute Gasteiger partial charge is 0.407 e. The van der Waals surface area contributed by atoms with E-state index in [9.17, 15) is 19.5 Å². The van der Waals surface area contributed by atoms with Gasteiger partial charge in [0.1, 0.15) is 12.6 Å². The number of aliphatic carboxylic acids is 1. The van der Waals surface area contributed by atoms with Gasteiger partial charge in [-0.2, -0.15) is 0 Å². The summed E-state index contributed by atoms with van der Waals surface area (Å²) in [4.78, 5) is 39.0.